The Morgan fingerprint density at radius 3 is 2.96 bits per heavy atom. The van der Waals surface area contributed by atoms with Crippen LogP contribution < -0.4 is 11.1 Å². The third kappa shape index (κ3) is 3.77. The van der Waals surface area contributed by atoms with Gasteiger partial charge in [-0.25, -0.2) is 4.98 Å². The molecule has 0 saturated heterocycles. The first-order chi connectivity index (χ1) is 11.7. The lowest BCUT2D eigenvalue weighted by molar-refractivity contribution is -0.128. The van der Waals surface area contributed by atoms with E-state index in [2.05, 4.69) is 25.5 Å². The molecule has 2 aromatic rings. The molecule has 128 valence electrons. The van der Waals surface area contributed by atoms with Crippen molar-refractivity contribution < 1.29 is 9.53 Å². The minimum Gasteiger partial charge on any atom is -0.380 e. The van der Waals surface area contributed by atoms with Gasteiger partial charge in [0.05, 0.1) is 12.6 Å². The van der Waals surface area contributed by atoms with E-state index in [4.69, 9.17) is 10.5 Å². The second kappa shape index (κ2) is 7.50. The van der Waals surface area contributed by atoms with Crippen LogP contribution in [-0.2, 0) is 16.1 Å². The number of methoxy groups -OCH3 is 1. The highest BCUT2D eigenvalue weighted by Gasteiger charge is 2.32. The Hall–Kier alpha value is -2.32. The molecule has 1 aliphatic rings. The van der Waals surface area contributed by atoms with Crippen LogP contribution in [-0.4, -0.2) is 45.3 Å². The Morgan fingerprint density at radius 1 is 1.42 bits per heavy atom. The summed E-state index contributed by atoms with van der Waals surface area (Å²) in [6.45, 7) is 0.317. The zero-order valence-corrected chi connectivity index (χ0v) is 13.6. The van der Waals surface area contributed by atoms with Crippen molar-refractivity contribution in [1.29, 1.82) is 0 Å². The first-order valence-electron chi connectivity index (χ1n) is 8.05. The zero-order chi connectivity index (χ0) is 16.9. The number of nitrogens with zero attached hydrogens (tertiary/aromatic N) is 3. The third-order valence-electron chi connectivity index (χ3n) is 4.42. The van der Waals surface area contributed by atoms with Crippen molar-refractivity contribution in [2.45, 2.75) is 38.0 Å². The average molecular weight is 330 g/mol. The normalized spacial score (nSPS) is 23.8. The predicted octanol–water partition coefficient (Wildman–Crippen LogP) is 0.625. The molecule has 0 radical (unpaired) electrons. The quantitative estimate of drug-likeness (QED) is 0.739. The fourth-order valence-corrected chi connectivity index (χ4v) is 2.98. The maximum Gasteiger partial charge on any atom is 0.223 e. The molecule has 2 heterocycles. The highest BCUT2D eigenvalue weighted by molar-refractivity contribution is 5.78. The van der Waals surface area contributed by atoms with Gasteiger partial charge in [0.25, 0.3) is 0 Å². The number of rotatable bonds is 5. The molecule has 8 heteroatoms. The number of nitrogens with two attached hydrogens (primary N) is 1. The summed E-state index contributed by atoms with van der Waals surface area (Å²) in [4.78, 5) is 20.7. The molecule has 1 aliphatic carbocycles. The zero-order valence-electron chi connectivity index (χ0n) is 13.6. The van der Waals surface area contributed by atoms with Crippen LogP contribution in [0, 0.1) is 5.92 Å². The Bertz CT molecular complexity index is 674. The molecule has 24 heavy (non-hydrogen) atoms. The number of hydrogen-bond acceptors (Lipinski definition) is 6. The average Bonchev–Trinajstić information content (AvgIpc) is 3.10. The van der Waals surface area contributed by atoms with E-state index in [9.17, 15) is 4.79 Å². The molecule has 0 aromatic carbocycles. The van der Waals surface area contributed by atoms with E-state index in [1.54, 1.807) is 19.5 Å². The van der Waals surface area contributed by atoms with Gasteiger partial charge in [0, 0.05) is 37.0 Å². The van der Waals surface area contributed by atoms with Crippen LogP contribution in [0.5, 0.6) is 0 Å². The van der Waals surface area contributed by atoms with Gasteiger partial charge in [0.1, 0.15) is 5.82 Å². The Morgan fingerprint density at radius 2 is 2.21 bits per heavy atom. The van der Waals surface area contributed by atoms with Gasteiger partial charge in [0.2, 0.25) is 5.91 Å². The Balaban J connectivity index is 1.54. The van der Waals surface area contributed by atoms with Gasteiger partial charge in [-0.05, 0) is 31.4 Å². The molecule has 0 unspecified atom stereocenters. The lowest BCUT2D eigenvalue weighted by Gasteiger charge is -2.32. The third-order valence-corrected chi connectivity index (χ3v) is 4.42. The van der Waals surface area contributed by atoms with Crippen molar-refractivity contribution in [3.63, 3.8) is 0 Å². The first-order valence-corrected chi connectivity index (χ1v) is 8.05. The van der Waals surface area contributed by atoms with E-state index in [1.807, 2.05) is 12.1 Å². The van der Waals surface area contributed by atoms with E-state index >= 15 is 0 Å². The van der Waals surface area contributed by atoms with E-state index < -0.39 is 0 Å². The smallest absolute Gasteiger partial charge is 0.223 e. The second-order valence-corrected chi connectivity index (χ2v) is 6.01. The molecule has 0 bridgehead atoms. The number of aromatic nitrogens is 4. The summed E-state index contributed by atoms with van der Waals surface area (Å²) in [7, 11) is 1.64. The SMILES string of the molecule is CO[C@@H]1C[C@@H](C(=O)NCc2nc(-c3ccncc3)n[nH]2)CC[C@H]1N. The van der Waals surface area contributed by atoms with Crippen LogP contribution in [0.4, 0.5) is 0 Å². The Labute approximate surface area is 140 Å². The number of nitrogens with one attached hydrogen (secondary N) is 2. The molecule has 1 amide bonds. The van der Waals surface area contributed by atoms with E-state index in [0.29, 0.717) is 24.6 Å². The highest BCUT2D eigenvalue weighted by atomic mass is 16.5. The molecule has 0 aliphatic heterocycles. The lowest BCUT2D eigenvalue weighted by Crippen LogP contribution is -2.45. The summed E-state index contributed by atoms with van der Waals surface area (Å²) in [6, 6.07) is 3.68. The first kappa shape index (κ1) is 16.5. The van der Waals surface area contributed by atoms with Gasteiger partial charge in [-0.3, -0.25) is 14.9 Å². The van der Waals surface area contributed by atoms with Crippen LogP contribution in [0.1, 0.15) is 25.1 Å². The molecule has 2 aromatic heterocycles. The molecule has 8 nitrogen and oxygen atoms in total. The van der Waals surface area contributed by atoms with Crippen molar-refractivity contribution in [2.75, 3.05) is 7.11 Å². The van der Waals surface area contributed by atoms with Crippen LogP contribution in [0.15, 0.2) is 24.5 Å². The van der Waals surface area contributed by atoms with Crippen molar-refractivity contribution in [3.05, 3.63) is 30.4 Å². The van der Waals surface area contributed by atoms with Gasteiger partial charge in [0.15, 0.2) is 5.82 Å². The Kier molecular flexibility index (Phi) is 5.17. The van der Waals surface area contributed by atoms with Gasteiger partial charge in [-0.2, -0.15) is 5.10 Å². The molecular weight excluding hydrogens is 308 g/mol. The van der Waals surface area contributed by atoms with Crippen LogP contribution in [0.3, 0.4) is 0 Å². The van der Waals surface area contributed by atoms with Crippen LogP contribution >= 0.6 is 0 Å². The van der Waals surface area contributed by atoms with E-state index in [1.165, 1.54) is 0 Å². The fraction of sp³-hybridized carbons (Fsp3) is 0.500. The summed E-state index contributed by atoms with van der Waals surface area (Å²) in [6.07, 6.45) is 5.55. The number of aromatic amines is 1. The number of amides is 1. The molecule has 4 N–H and O–H groups in total. The largest absolute Gasteiger partial charge is 0.380 e. The maximum absolute atomic E-state index is 12.3. The van der Waals surface area contributed by atoms with Crippen molar-refractivity contribution in [3.8, 4) is 11.4 Å². The minimum absolute atomic E-state index is 0.00538. The maximum atomic E-state index is 12.3. The summed E-state index contributed by atoms with van der Waals surface area (Å²) < 4.78 is 5.36. The molecule has 3 atom stereocenters. The van der Waals surface area contributed by atoms with Gasteiger partial charge in [-0.15, -0.1) is 0 Å². The molecule has 0 spiro atoms. The molecular formula is C16H22N6O2. The van der Waals surface area contributed by atoms with Crippen molar-refractivity contribution >= 4 is 5.91 Å². The number of pyridine rings is 1. The minimum atomic E-state index is -0.0719. The molecule has 1 fully saturated rings. The summed E-state index contributed by atoms with van der Waals surface area (Å²) in [5.74, 6) is 1.14. The second-order valence-electron chi connectivity index (χ2n) is 6.01. The summed E-state index contributed by atoms with van der Waals surface area (Å²) in [5.41, 5.74) is 6.87. The van der Waals surface area contributed by atoms with Crippen LogP contribution in [0.2, 0.25) is 0 Å². The van der Waals surface area contributed by atoms with Gasteiger partial charge < -0.3 is 15.8 Å². The van der Waals surface area contributed by atoms with Gasteiger partial charge in [-0.1, -0.05) is 0 Å². The predicted molar refractivity (Wildman–Crippen MR) is 87.6 cm³/mol. The van der Waals surface area contributed by atoms with E-state index in [-0.39, 0.29) is 24.0 Å². The monoisotopic (exact) mass is 330 g/mol. The number of carbonyl (C=O) groups excluding carboxylic acids is 1. The van der Waals surface area contributed by atoms with Gasteiger partial charge >= 0.3 is 0 Å². The number of H-pyrrole nitrogens is 1. The summed E-state index contributed by atoms with van der Waals surface area (Å²) in [5, 5.41) is 9.92. The number of hydrogen-bond donors (Lipinski definition) is 3. The number of carbonyl (C=O) groups is 1. The highest BCUT2D eigenvalue weighted by Crippen LogP contribution is 2.25. The van der Waals surface area contributed by atoms with E-state index in [0.717, 1.165) is 18.4 Å². The topological polar surface area (TPSA) is 119 Å². The summed E-state index contributed by atoms with van der Waals surface area (Å²) >= 11 is 0. The standard InChI is InChI=1S/C16H22N6O2/c1-24-13-8-11(2-3-12(13)17)16(23)19-9-14-20-15(22-21-14)10-4-6-18-7-5-10/h4-7,11-13H,2-3,8-9,17H2,1H3,(H,19,23)(H,20,21,22)/t11-,12+,13+/m0/s1. The lowest BCUT2D eigenvalue weighted by atomic mass is 9.83. The molecule has 3 rings (SSSR count). The van der Waals surface area contributed by atoms with Crippen molar-refractivity contribution in [2.24, 2.45) is 11.7 Å². The van der Waals surface area contributed by atoms with Crippen molar-refractivity contribution in [1.82, 2.24) is 25.5 Å². The fourth-order valence-electron chi connectivity index (χ4n) is 2.98. The molecule has 1 saturated carbocycles. The number of ether oxygens (including phenoxy) is 1. The van der Waals surface area contributed by atoms with Crippen LogP contribution in [0.25, 0.3) is 11.4 Å².